The zero-order valence-electron chi connectivity index (χ0n) is 14.4. The Balaban J connectivity index is 1.39. The van der Waals surface area contributed by atoms with Crippen molar-refractivity contribution in [2.45, 2.75) is 62.7 Å². The van der Waals surface area contributed by atoms with Gasteiger partial charge in [0.1, 0.15) is 0 Å². The second-order valence-corrected chi connectivity index (χ2v) is 7.50. The van der Waals surface area contributed by atoms with E-state index in [9.17, 15) is 18.0 Å². The van der Waals surface area contributed by atoms with Gasteiger partial charge in [-0.15, -0.1) is 0 Å². The van der Waals surface area contributed by atoms with Gasteiger partial charge in [0.15, 0.2) is 0 Å². The predicted molar refractivity (Wildman–Crippen MR) is 89.2 cm³/mol. The molecule has 0 aromatic heterocycles. The number of alkyl halides is 3. The number of nitrogens with zero attached hydrogens (tertiary/aromatic N) is 1. The first-order chi connectivity index (χ1) is 12.4. The van der Waals surface area contributed by atoms with Crippen molar-refractivity contribution in [3.05, 3.63) is 35.9 Å². The van der Waals surface area contributed by atoms with E-state index in [0.29, 0.717) is 19.4 Å². The van der Waals surface area contributed by atoms with Gasteiger partial charge in [0.2, 0.25) is 5.91 Å². The van der Waals surface area contributed by atoms with Crippen LogP contribution in [0.4, 0.5) is 13.2 Å². The minimum absolute atomic E-state index is 0.0762. The lowest BCUT2D eigenvalue weighted by Gasteiger charge is -2.31. The maximum absolute atomic E-state index is 13.4. The lowest BCUT2D eigenvalue weighted by Crippen LogP contribution is -2.52. The largest absolute Gasteiger partial charge is 0.395 e. The fourth-order valence-electron chi connectivity index (χ4n) is 4.25. The Morgan fingerprint density at radius 1 is 1.12 bits per heavy atom. The molecule has 2 aliphatic heterocycles. The molecule has 2 bridgehead atoms. The minimum Gasteiger partial charge on any atom is -0.373 e. The van der Waals surface area contributed by atoms with Crippen LogP contribution >= 0.6 is 0 Å². The summed E-state index contributed by atoms with van der Waals surface area (Å²) < 4.78 is 45.6. The summed E-state index contributed by atoms with van der Waals surface area (Å²) >= 11 is 0. The number of rotatable bonds is 6. The van der Waals surface area contributed by atoms with Crippen molar-refractivity contribution in [3.63, 3.8) is 0 Å². The fraction of sp³-hybridized carbons (Fsp3) is 0.632. The number of ether oxygens (including phenoxy) is 1. The van der Waals surface area contributed by atoms with Gasteiger partial charge in [-0.25, -0.2) is 0 Å². The molecule has 1 aliphatic carbocycles. The zero-order valence-corrected chi connectivity index (χ0v) is 14.4. The summed E-state index contributed by atoms with van der Waals surface area (Å²) in [5.41, 5.74) is 1.03. The van der Waals surface area contributed by atoms with Gasteiger partial charge >= 0.3 is 6.18 Å². The second kappa shape index (κ2) is 6.85. The summed E-state index contributed by atoms with van der Waals surface area (Å²) in [5.74, 6) is -1.66. The molecule has 7 heteroatoms. The quantitative estimate of drug-likeness (QED) is 0.840. The average molecular weight is 368 g/mol. The third kappa shape index (κ3) is 3.60. The Hall–Kier alpha value is -1.60. The van der Waals surface area contributed by atoms with Crippen molar-refractivity contribution < 1.29 is 22.7 Å². The average Bonchev–Trinajstić information content (AvgIpc) is 3.24. The van der Waals surface area contributed by atoms with Gasteiger partial charge in [0.05, 0.1) is 24.7 Å². The summed E-state index contributed by atoms with van der Waals surface area (Å²) in [7, 11) is 0. The highest BCUT2D eigenvalue weighted by Crippen LogP contribution is 2.46. The summed E-state index contributed by atoms with van der Waals surface area (Å²) in [5, 5.41) is 2.88. The molecule has 2 heterocycles. The molecule has 1 amide bonds. The van der Waals surface area contributed by atoms with Gasteiger partial charge in [-0.2, -0.15) is 13.2 Å². The lowest BCUT2D eigenvalue weighted by atomic mass is 9.84. The first kappa shape index (κ1) is 17.8. The van der Waals surface area contributed by atoms with Crippen LogP contribution in [0.5, 0.6) is 0 Å². The number of benzene rings is 1. The molecule has 1 N–H and O–H groups in total. The van der Waals surface area contributed by atoms with Gasteiger partial charge in [0.25, 0.3) is 0 Å². The van der Waals surface area contributed by atoms with Crippen LogP contribution in [-0.4, -0.2) is 47.8 Å². The first-order valence-corrected chi connectivity index (χ1v) is 9.22. The monoisotopic (exact) mass is 368 g/mol. The van der Waals surface area contributed by atoms with Crippen LogP contribution in [0.3, 0.4) is 0 Å². The van der Waals surface area contributed by atoms with Crippen molar-refractivity contribution >= 4 is 5.91 Å². The van der Waals surface area contributed by atoms with E-state index in [0.717, 1.165) is 18.4 Å². The molecule has 1 aromatic rings. The predicted octanol–water partition coefficient (Wildman–Crippen LogP) is 2.88. The molecule has 4 atom stereocenters. The number of hydrogen-bond acceptors (Lipinski definition) is 3. The van der Waals surface area contributed by atoms with Gasteiger partial charge in [-0.3, -0.25) is 4.79 Å². The van der Waals surface area contributed by atoms with Crippen LogP contribution in [0.2, 0.25) is 0 Å². The second-order valence-electron chi connectivity index (χ2n) is 7.50. The van der Waals surface area contributed by atoms with E-state index in [2.05, 4.69) is 5.32 Å². The Bertz CT molecular complexity index is 648. The molecule has 1 aromatic carbocycles. The van der Waals surface area contributed by atoms with E-state index in [4.69, 9.17) is 4.74 Å². The molecule has 1 saturated carbocycles. The van der Waals surface area contributed by atoms with E-state index < -0.39 is 30.3 Å². The fourth-order valence-corrected chi connectivity index (χ4v) is 4.25. The molecule has 0 radical (unpaired) electrons. The van der Waals surface area contributed by atoms with Gasteiger partial charge < -0.3 is 15.0 Å². The summed E-state index contributed by atoms with van der Waals surface area (Å²) in [6.45, 7) is 0.426. The van der Waals surface area contributed by atoms with Crippen molar-refractivity contribution in [2.24, 2.45) is 5.92 Å². The smallest absolute Gasteiger partial charge is 0.373 e. The zero-order chi connectivity index (χ0) is 18.3. The van der Waals surface area contributed by atoms with Crippen LogP contribution in [0, 0.1) is 5.92 Å². The summed E-state index contributed by atoms with van der Waals surface area (Å²) in [6.07, 6.45) is -2.52. The van der Waals surface area contributed by atoms with Crippen LogP contribution in [0.15, 0.2) is 30.3 Å². The normalized spacial score (nSPS) is 30.6. The molecule has 3 aliphatic rings. The minimum atomic E-state index is -4.30. The third-order valence-corrected chi connectivity index (χ3v) is 5.64. The number of carbonyl (C=O) groups is 1. The molecule has 4 rings (SSSR count). The van der Waals surface area contributed by atoms with Crippen molar-refractivity contribution in [2.75, 3.05) is 6.54 Å². The molecule has 2 saturated heterocycles. The third-order valence-electron chi connectivity index (χ3n) is 5.64. The molecule has 26 heavy (non-hydrogen) atoms. The highest BCUT2D eigenvalue weighted by molar-refractivity contribution is 5.79. The number of amides is 1. The molecule has 3 fully saturated rings. The van der Waals surface area contributed by atoms with Crippen molar-refractivity contribution in [1.29, 1.82) is 0 Å². The molecular weight excluding hydrogens is 345 g/mol. The Morgan fingerprint density at radius 3 is 2.46 bits per heavy atom. The summed E-state index contributed by atoms with van der Waals surface area (Å²) in [6, 6.07) is 9.06. The maximum Gasteiger partial charge on any atom is 0.395 e. The lowest BCUT2D eigenvalue weighted by molar-refractivity contribution is -0.191. The molecule has 142 valence electrons. The molecule has 0 unspecified atom stereocenters. The van der Waals surface area contributed by atoms with Gasteiger partial charge in [0, 0.05) is 18.6 Å². The number of hydrogen-bond donors (Lipinski definition) is 1. The van der Waals surface area contributed by atoms with E-state index in [1.807, 2.05) is 30.3 Å². The Labute approximate surface area is 150 Å². The maximum atomic E-state index is 13.4. The number of carbonyl (C=O) groups excluding carboxylic acids is 1. The molecule has 0 spiro atoms. The molecular formula is C19H23F3N2O2. The van der Waals surface area contributed by atoms with E-state index in [1.54, 1.807) is 4.90 Å². The first-order valence-electron chi connectivity index (χ1n) is 9.22. The van der Waals surface area contributed by atoms with E-state index in [1.165, 1.54) is 0 Å². The highest BCUT2D eigenvalue weighted by atomic mass is 19.4. The van der Waals surface area contributed by atoms with Crippen LogP contribution < -0.4 is 5.32 Å². The van der Waals surface area contributed by atoms with E-state index >= 15 is 0 Å². The highest BCUT2D eigenvalue weighted by Gasteiger charge is 2.60. The van der Waals surface area contributed by atoms with Crippen LogP contribution in [0.1, 0.15) is 31.2 Å². The standard InChI is InChI=1S/C19H23F3N2O2/c20-19(21,22)17-14-8-9-15(26-14)18(17)23-10-16(25)24(13-6-7-13)11-12-4-2-1-3-5-12/h1-5,13-15,17-18,23H,6-11H2/t14-,15+,17-,18-/m0/s1. The van der Waals surface area contributed by atoms with Crippen molar-refractivity contribution in [1.82, 2.24) is 10.2 Å². The molecule has 4 nitrogen and oxygen atoms in total. The van der Waals surface area contributed by atoms with E-state index in [-0.39, 0.29) is 18.5 Å². The Morgan fingerprint density at radius 2 is 1.81 bits per heavy atom. The van der Waals surface area contributed by atoms with Crippen LogP contribution in [0.25, 0.3) is 0 Å². The van der Waals surface area contributed by atoms with Gasteiger partial charge in [-0.1, -0.05) is 30.3 Å². The number of halogens is 3. The summed E-state index contributed by atoms with van der Waals surface area (Å²) in [4.78, 5) is 14.5. The topological polar surface area (TPSA) is 41.6 Å². The SMILES string of the molecule is O=C(CN[C@@H]1[C@@H](C(F)(F)F)[C@@H]2CC[C@H]1O2)N(Cc1ccccc1)C1CC1. The van der Waals surface area contributed by atoms with Crippen LogP contribution in [-0.2, 0) is 16.1 Å². The number of fused-ring (bicyclic) bond motifs is 2. The Kier molecular flexibility index (Phi) is 4.69. The van der Waals surface area contributed by atoms with Crippen molar-refractivity contribution in [3.8, 4) is 0 Å². The number of nitrogens with one attached hydrogen (secondary N) is 1. The van der Waals surface area contributed by atoms with Gasteiger partial charge in [-0.05, 0) is 31.2 Å².